The molecule has 2 saturated heterocycles. The normalized spacial score (nSPS) is 27.4. The third-order valence-corrected chi connectivity index (χ3v) is 4.99. The second kappa shape index (κ2) is 6.87. The standard InChI is InChI=1S/C19H24N4O/c1-2-5-16(6-3-1)13-23-10-4-7-19(15-23)11-17(14-24-19)22-18-12-20-8-9-21-18/h1-3,5-6,8-9,12,17H,4,7,10-11,13-15H2,(H,21,22)/t17-,19-/m1/s1. The maximum absolute atomic E-state index is 6.28. The Morgan fingerprint density at radius 2 is 2.17 bits per heavy atom. The van der Waals surface area contributed by atoms with Gasteiger partial charge in [-0.1, -0.05) is 30.3 Å². The van der Waals surface area contributed by atoms with Crippen LogP contribution in [0.25, 0.3) is 0 Å². The highest BCUT2D eigenvalue weighted by Crippen LogP contribution is 2.36. The first-order valence-electron chi connectivity index (χ1n) is 8.74. The Morgan fingerprint density at radius 3 is 3.00 bits per heavy atom. The van der Waals surface area contributed by atoms with E-state index >= 15 is 0 Å². The van der Waals surface area contributed by atoms with Crippen LogP contribution in [0.4, 0.5) is 5.82 Å². The zero-order valence-corrected chi connectivity index (χ0v) is 13.9. The molecule has 5 heteroatoms. The Labute approximate surface area is 143 Å². The van der Waals surface area contributed by atoms with Gasteiger partial charge in [-0.05, 0) is 24.9 Å². The van der Waals surface area contributed by atoms with Gasteiger partial charge in [0, 0.05) is 31.9 Å². The van der Waals surface area contributed by atoms with E-state index < -0.39 is 0 Å². The zero-order valence-electron chi connectivity index (χ0n) is 13.9. The molecule has 2 fully saturated rings. The molecule has 0 bridgehead atoms. The van der Waals surface area contributed by atoms with E-state index in [1.54, 1.807) is 18.6 Å². The van der Waals surface area contributed by atoms with E-state index in [0.717, 1.165) is 44.9 Å². The molecule has 1 aromatic heterocycles. The summed E-state index contributed by atoms with van der Waals surface area (Å²) in [6.45, 7) is 3.92. The number of aromatic nitrogens is 2. The van der Waals surface area contributed by atoms with Gasteiger partial charge in [0.2, 0.25) is 0 Å². The maximum atomic E-state index is 6.28. The number of hydrogen-bond acceptors (Lipinski definition) is 5. The molecule has 1 aromatic carbocycles. The summed E-state index contributed by atoms with van der Waals surface area (Å²) >= 11 is 0. The lowest BCUT2D eigenvalue weighted by molar-refractivity contribution is -0.0533. The Bertz CT molecular complexity index is 651. The maximum Gasteiger partial charge on any atom is 0.144 e. The van der Waals surface area contributed by atoms with E-state index in [4.69, 9.17) is 4.74 Å². The SMILES string of the molecule is c1ccc(CN2CCC[C@@]3(C[C@@H](Nc4cnccn4)CO3)C2)cc1. The van der Waals surface area contributed by atoms with Crippen molar-refractivity contribution in [1.29, 1.82) is 0 Å². The van der Waals surface area contributed by atoms with Crippen molar-refractivity contribution >= 4 is 5.82 Å². The van der Waals surface area contributed by atoms with E-state index in [9.17, 15) is 0 Å². The van der Waals surface area contributed by atoms with Crippen LogP contribution in [-0.2, 0) is 11.3 Å². The average Bonchev–Trinajstić information content (AvgIpc) is 2.98. The van der Waals surface area contributed by atoms with Gasteiger partial charge in [0.05, 0.1) is 24.4 Å². The van der Waals surface area contributed by atoms with E-state index in [1.165, 1.54) is 12.0 Å². The quantitative estimate of drug-likeness (QED) is 0.937. The molecule has 24 heavy (non-hydrogen) atoms. The summed E-state index contributed by atoms with van der Waals surface area (Å²) in [5, 5.41) is 3.46. The van der Waals surface area contributed by atoms with Crippen molar-refractivity contribution in [2.75, 3.05) is 25.0 Å². The van der Waals surface area contributed by atoms with Crippen LogP contribution >= 0.6 is 0 Å². The molecule has 4 rings (SSSR count). The topological polar surface area (TPSA) is 50.3 Å². The van der Waals surface area contributed by atoms with Crippen LogP contribution in [-0.4, -0.2) is 46.2 Å². The number of anilines is 1. The van der Waals surface area contributed by atoms with Crippen molar-refractivity contribution in [2.24, 2.45) is 0 Å². The third kappa shape index (κ3) is 3.57. The second-order valence-electron chi connectivity index (χ2n) is 6.93. The van der Waals surface area contributed by atoms with Gasteiger partial charge < -0.3 is 10.1 Å². The third-order valence-electron chi connectivity index (χ3n) is 4.99. The monoisotopic (exact) mass is 324 g/mol. The summed E-state index contributed by atoms with van der Waals surface area (Å²) in [6, 6.07) is 11.0. The zero-order chi connectivity index (χ0) is 16.2. The number of ether oxygens (including phenoxy) is 1. The van der Waals surface area contributed by atoms with Crippen LogP contribution in [0.1, 0.15) is 24.8 Å². The fraction of sp³-hybridized carbons (Fsp3) is 0.474. The Balaban J connectivity index is 1.37. The molecule has 1 N–H and O–H groups in total. The Morgan fingerprint density at radius 1 is 1.25 bits per heavy atom. The summed E-state index contributed by atoms with van der Waals surface area (Å²) in [5.41, 5.74) is 1.37. The van der Waals surface area contributed by atoms with Crippen molar-refractivity contribution in [2.45, 2.75) is 37.5 Å². The summed E-state index contributed by atoms with van der Waals surface area (Å²) in [5.74, 6) is 0.833. The number of nitrogens with zero attached hydrogens (tertiary/aromatic N) is 3. The van der Waals surface area contributed by atoms with E-state index in [-0.39, 0.29) is 5.60 Å². The van der Waals surface area contributed by atoms with Crippen LogP contribution in [0.3, 0.4) is 0 Å². The highest BCUT2D eigenvalue weighted by atomic mass is 16.5. The van der Waals surface area contributed by atoms with Gasteiger partial charge in [0.15, 0.2) is 0 Å². The smallest absolute Gasteiger partial charge is 0.144 e. The van der Waals surface area contributed by atoms with E-state index in [0.29, 0.717) is 6.04 Å². The summed E-state index contributed by atoms with van der Waals surface area (Å²) in [6.07, 6.45) is 8.57. The highest BCUT2D eigenvalue weighted by molar-refractivity contribution is 5.32. The molecule has 0 unspecified atom stereocenters. The minimum absolute atomic E-state index is 0.00704. The fourth-order valence-corrected chi connectivity index (χ4v) is 3.97. The number of rotatable bonds is 4. The largest absolute Gasteiger partial charge is 0.371 e. The van der Waals surface area contributed by atoms with Gasteiger partial charge in [-0.25, -0.2) is 4.98 Å². The van der Waals surface area contributed by atoms with Crippen molar-refractivity contribution in [1.82, 2.24) is 14.9 Å². The van der Waals surface area contributed by atoms with Crippen LogP contribution in [0.15, 0.2) is 48.9 Å². The predicted molar refractivity (Wildman–Crippen MR) is 93.7 cm³/mol. The first-order valence-corrected chi connectivity index (χ1v) is 8.74. The van der Waals surface area contributed by atoms with Gasteiger partial charge in [-0.3, -0.25) is 9.88 Å². The van der Waals surface area contributed by atoms with Crippen molar-refractivity contribution in [3.8, 4) is 0 Å². The molecule has 3 heterocycles. The molecule has 2 atom stereocenters. The van der Waals surface area contributed by atoms with Gasteiger partial charge >= 0.3 is 0 Å². The van der Waals surface area contributed by atoms with Crippen LogP contribution in [0, 0.1) is 0 Å². The minimum atomic E-state index is -0.00704. The molecule has 2 aliphatic heterocycles. The van der Waals surface area contributed by atoms with Gasteiger partial charge in [0.1, 0.15) is 5.82 Å². The summed E-state index contributed by atoms with van der Waals surface area (Å²) in [7, 11) is 0. The summed E-state index contributed by atoms with van der Waals surface area (Å²) < 4.78 is 6.28. The minimum Gasteiger partial charge on any atom is -0.371 e. The molecule has 1 spiro atoms. The molecule has 2 aliphatic rings. The van der Waals surface area contributed by atoms with Crippen LogP contribution in [0.2, 0.25) is 0 Å². The number of hydrogen-bond donors (Lipinski definition) is 1. The lowest BCUT2D eigenvalue weighted by Gasteiger charge is -2.39. The Kier molecular flexibility index (Phi) is 4.45. The summed E-state index contributed by atoms with van der Waals surface area (Å²) in [4.78, 5) is 11.0. The number of benzene rings is 1. The molecule has 0 amide bonds. The predicted octanol–water partition coefficient (Wildman–Crippen LogP) is 2.71. The highest BCUT2D eigenvalue weighted by Gasteiger charge is 2.43. The number of piperidine rings is 1. The first kappa shape index (κ1) is 15.5. The average molecular weight is 324 g/mol. The van der Waals surface area contributed by atoms with Crippen LogP contribution < -0.4 is 5.32 Å². The van der Waals surface area contributed by atoms with Crippen molar-refractivity contribution < 1.29 is 4.74 Å². The lowest BCUT2D eigenvalue weighted by Crippen LogP contribution is -2.47. The number of nitrogens with one attached hydrogen (secondary N) is 1. The Hall–Kier alpha value is -1.98. The molecular weight excluding hydrogens is 300 g/mol. The molecular formula is C19H24N4O. The molecule has 0 saturated carbocycles. The molecule has 0 radical (unpaired) electrons. The first-order chi connectivity index (χ1) is 11.8. The molecule has 126 valence electrons. The molecule has 0 aliphatic carbocycles. The molecule has 2 aromatic rings. The van der Waals surface area contributed by atoms with Crippen molar-refractivity contribution in [3.63, 3.8) is 0 Å². The van der Waals surface area contributed by atoms with Crippen LogP contribution in [0.5, 0.6) is 0 Å². The van der Waals surface area contributed by atoms with Gasteiger partial charge in [-0.2, -0.15) is 0 Å². The van der Waals surface area contributed by atoms with Crippen molar-refractivity contribution in [3.05, 3.63) is 54.5 Å². The molecule has 5 nitrogen and oxygen atoms in total. The van der Waals surface area contributed by atoms with E-state index in [2.05, 4.69) is 50.5 Å². The van der Waals surface area contributed by atoms with Gasteiger partial charge in [-0.15, -0.1) is 0 Å². The number of likely N-dealkylation sites (tertiary alicyclic amines) is 1. The lowest BCUT2D eigenvalue weighted by atomic mass is 9.88. The van der Waals surface area contributed by atoms with E-state index in [1.807, 2.05) is 0 Å². The fourth-order valence-electron chi connectivity index (χ4n) is 3.97. The second-order valence-corrected chi connectivity index (χ2v) is 6.93. The van der Waals surface area contributed by atoms with Gasteiger partial charge in [0.25, 0.3) is 0 Å².